The summed E-state index contributed by atoms with van der Waals surface area (Å²) >= 11 is 0. The molecular formula is C14H19FN2O. The number of carbonyl (C=O) groups is 1. The number of aryl methyl sites for hydroxylation is 1. The molecule has 1 heterocycles. The van der Waals surface area contributed by atoms with Crippen LogP contribution < -0.4 is 10.6 Å². The van der Waals surface area contributed by atoms with Gasteiger partial charge in [0.15, 0.2) is 0 Å². The number of anilines is 1. The van der Waals surface area contributed by atoms with Gasteiger partial charge in [0.2, 0.25) is 5.91 Å². The minimum atomic E-state index is -0.486. The van der Waals surface area contributed by atoms with Crippen LogP contribution in [-0.4, -0.2) is 18.0 Å². The molecule has 0 spiro atoms. The van der Waals surface area contributed by atoms with Gasteiger partial charge in [-0.1, -0.05) is 6.92 Å². The molecule has 1 aromatic rings. The van der Waals surface area contributed by atoms with Crippen LogP contribution in [0.4, 0.5) is 10.1 Å². The maximum Gasteiger partial charge on any atom is 0.244 e. The highest BCUT2D eigenvalue weighted by Crippen LogP contribution is 2.25. The van der Waals surface area contributed by atoms with Gasteiger partial charge in [-0.3, -0.25) is 4.79 Å². The third kappa shape index (κ3) is 2.53. The van der Waals surface area contributed by atoms with E-state index in [1.165, 1.54) is 12.1 Å². The van der Waals surface area contributed by atoms with Gasteiger partial charge in [-0.05, 0) is 56.5 Å². The van der Waals surface area contributed by atoms with E-state index in [-0.39, 0.29) is 11.7 Å². The Labute approximate surface area is 107 Å². The van der Waals surface area contributed by atoms with Crippen LogP contribution in [0.3, 0.4) is 0 Å². The first kappa shape index (κ1) is 13.0. The van der Waals surface area contributed by atoms with Crippen molar-refractivity contribution in [3.8, 4) is 0 Å². The fraction of sp³-hybridized carbons (Fsp3) is 0.500. The van der Waals surface area contributed by atoms with E-state index in [0.717, 1.165) is 31.4 Å². The predicted molar refractivity (Wildman–Crippen MR) is 70.0 cm³/mol. The molecule has 2 N–H and O–H groups in total. The molecule has 1 fully saturated rings. The smallest absolute Gasteiger partial charge is 0.244 e. The minimum absolute atomic E-state index is 0.0625. The lowest BCUT2D eigenvalue weighted by molar-refractivity contribution is -0.122. The summed E-state index contributed by atoms with van der Waals surface area (Å²) in [5.41, 5.74) is 0.842. The Kier molecular flexibility index (Phi) is 3.66. The fourth-order valence-electron chi connectivity index (χ4n) is 2.52. The molecule has 1 saturated heterocycles. The second kappa shape index (κ2) is 5.06. The van der Waals surface area contributed by atoms with E-state index < -0.39 is 5.54 Å². The molecule has 0 aliphatic carbocycles. The summed E-state index contributed by atoms with van der Waals surface area (Å²) in [7, 11) is 0. The molecule has 3 nitrogen and oxygen atoms in total. The van der Waals surface area contributed by atoms with Crippen molar-refractivity contribution in [1.82, 2.24) is 5.32 Å². The van der Waals surface area contributed by atoms with Gasteiger partial charge in [-0.15, -0.1) is 0 Å². The topological polar surface area (TPSA) is 41.1 Å². The highest BCUT2D eigenvalue weighted by molar-refractivity contribution is 5.98. The summed E-state index contributed by atoms with van der Waals surface area (Å²) in [4.78, 5) is 12.3. The molecule has 1 atom stereocenters. The van der Waals surface area contributed by atoms with E-state index in [9.17, 15) is 9.18 Å². The third-order valence-electron chi connectivity index (χ3n) is 3.58. The molecule has 1 amide bonds. The lowest BCUT2D eigenvalue weighted by atomic mass is 9.93. The summed E-state index contributed by atoms with van der Waals surface area (Å²) < 4.78 is 13.3. The molecule has 0 bridgehead atoms. The molecule has 4 heteroatoms. The van der Waals surface area contributed by atoms with Crippen LogP contribution >= 0.6 is 0 Å². The first-order valence-corrected chi connectivity index (χ1v) is 6.39. The zero-order chi connectivity index (χ0) is 13.2. The van der Waals surface area contributed by atoms with E-state index in [2.05, 4.69) is 10.6 Å². The number of hydrogen-bond donors (Lipinski definition) is 2. The van der Waals surface area contributed by atoms with E-state index in [1.54, 1.807) is 6.07 Å². The van der Waals surface area contributed by atoms with Crippen molar-refractivity contribution in [2.24, 2.45) is 0 Å². The fourth-order valence-corrected chi connectivity index (χ4v) is 2.52. The summed E-state index contributed by atoms with van der Waals surface area (Å²) in [5, 5.41) is 6.08. The summed E-state index contributed by atoms with van der Waals surface area (Å²) in [6.45, 7) is 4.67. The number of nitrogens with one attached hydrogen (secondary N) is 2. The van der Waals surface area contributed by atoms with Crippen molar-refractivity contribution < 1.29 is 9.18 Å². The first-order chi connectivity index (χ1) is 8.55. The summed E-state index contributed by atoms with van der Waals surface area (Å²) in [5.74, 6) is -0.386. The van der Waals surface area contributed by atoms with Gasteiger partial charge in [0.05, 0.1) is 5.54 Å². The van der Waals surface area contributed by atoms with Crippen LogP contribution in [0.25, 0.3) is 0 Å². The number of benzene rings is 1. The van der Waals surface area contributed by atoms with Gasteiger partial charge >= 0.3 is 0 Å². The molecule has 0 aromatic heterocycles. The molecule has 18 heavy (non-hydrogen) atoms. The standard InChI is InChI=1S/C14H19FN2O/c1-3-14(5-4-6-16-14)13(18)17-12-8-10(2)7-11(15)9-12/h7-9,16H,3-6H2,1-2H3,(H,17,18). The van der Waals surface area contributed by atoms with E-state index >= 15 is 0 Å². The summed E-state index contributed by atoms with van der Waals surface area (Å²) in [6, 6.07) is 4.57. The van der Waals surface area contributed by atoms with Crippen molar-refractivity contribution in [1.29, 1.82) is 0 Å². The van der Waals surface area contributed by atoms with Crippen molar-refractivity contribution >= 4 is 11.6 Å². The SMILES string of the molecule is CCC1(C(=O)Nc2cc(C)cc(F)c2)CCCN1. The molecule has 0 radical (unpaired) electrons. The quantitative estimate of drug-likeness (QED) is 0.865. The summed E-state index contributed by atoms with van der Waals surface area (Å²) in [6.07, 6.45) is 2.58. The van der Waals surface area contributed by atoms with Gasteiger partial charge in [-0.25, -0.2) is 4.39 Å². The predicted octanol–water partition coefficient (Wildman–Crippen LogP) is 2.60. The molecule has 1 aromatic carbocycles. The molecule has 2 rings (SSSR count). The third-order valence-corrected chi connectivity index (χ3v) is 3.58. The number of hydrogen-bond acceptors (Lipinski definition) is 2. The zero-order valence-corrected chi connectivity index (χ0v) is 10.8. The molecule has 0 saturated carbocycles. The van der Waals surface area contributed by atoms with E-state index in [4.69, 9.17) is 0 Å². The van der Waals surface area contributed by atoms with Crippen LogP contribution in [-0.2, 0) is 4.79 Å². The monoisotopic (exact) mass is 250 g/mol. The number of carbonyl (C=O) groups excluding carboxylic acids is 1. The van der Waals surface area contributed by atoms with Gasteiger partial charge in [0.1, 0.15) is 5.82 Å². The maximum absolute atomic E-state index is 13.3. The van der Waals surface area contributed by atoms with Crippen LogP contribution in [0.15, 0.2) is 18.2 Å². The number of rotatable bonds is 3. The van der Waals surface area contributed by atoms with Crippen LogP contribution in [0.1, 0.15) is 31.7 Å². The highest BCUT2D eigenvalue weighted by atomic mass is 19.1. The van der Waals surface area contributed by atoms with E-state index in [0.29, 0.717) is 5.69 Å². The normalized spacial score (nSPS) is 23.1. The average molecular weight is 250 g/mol. The van der Waals surface area contributed by atoms with Gasteiger partial charge in [-0.2, -0.15) is 0 Å². The van der Waals surface area contributed by atoms with Gasteiger partial charge in [0.25, 0.3) is 0 Å². The number of amides is 1. The Morgan fingerprint density at radius 1 is 1.50 bits per heavy atom. The minimum Gasteiger partial charge on any atom is -0.324 e. The highest BCUT2D eigenvalue weighted by Gasteiger charge is 2.39. The van der Waals surface area contributed by atoms with Crippen LogP contribution in [0.2, 0.25) is 0 Å². The molecule has 1 aliphatic heterocycles. The number of halogens is 1. The van der Waals surface area contributed by atoms with Crippen LogP contribution in [0, 0.1) is 12.7 Å². The molecule has 1 unspecified atom stereocenters. The molecule has 98 valence electrons. The molecular weight excluding hydrogens is 231 g/mol. The van der Waals surface area contributed by atoms with Gasteiger partial charge < -0.3 is 10.6 Å². The van der Waals surface area contributed by atoms with E-state index in [1.807, 2.05) is 13.8 Å². The Bertz CT molecular complexity index is 433. The second-order valence-electron chi connectivity index (χ2n) is 4.94. The Morgan fingerprint density at radius 2 is 2.28 bits per heavy atom. The largest absolute Gasteiger partial charge is 0.324 e. The Hall–Kier alpha value is -1.42. The van der Waals surface area contributed by atoms with Gasteiger partial charge in [0, 0.05) is 5.69 Å². The average Bonchev–Trinajstić information content (AvgIpc) is 2.77. The Balaban J connectivity index is 2.15. The van der Waals surface area contributed by atoms with Crippen molar-refractivity contribution in [2.75, 3.05) is 11.9 Å². The van der Waals surface area contributed by atoms with Crippen molar-refractivity contribution in [2.45, 2.75) is 38.6 Å². The zero-order valence-electron chi connectivity index (χ0n) is 10.8. The van der Waals surface area contributed by atoms with Crippen LogP contribution in [0.5, 0.6) is 0 Å². The van der Waals surface area contributed by atoms with Crippen molar-refractivity contribution in [3.05, 3.63) is 29.6 Å². The lowest BCUT2D eigenvalue weighted by Gasteiger charge is -2.26. The second-order valence-corrected chi connectivity index (χ2v) is 4.94. The maximum atomic E-state index is 13.3. The van der Waals surface area contributed by atoms with Crippen molar-refractivity contribution in [3.63, 3.8) is 0 Å². The first-order valence-electron chi connectivity index (χ1n) is 6.39. The Morgan fingerprint density at radius 3 is 2.83 bits per heavy atom. The molecule has 1 aliphatic rings. The lowest BCUT2D eigenvalue weighted by Crippen LogP contribution is -2.50.